The lowest BCUT2D eigenvalue weighted by molar-refractivity contribution is -0.387. The van der Waals surface area contributed by atoms with E-state index in [0.29, 0.717) is 12.1 Å². The highest BCUT2D eigenvalue weighted by molar-refractivity contribution is 5.43. The van der Waals surface area contributed by atoms with Crippen LogP contribution in [-0.4, -0.2) is 14.9 Å². The molecule has 0 spiro atoms. The Morgan fingerprint density at radius 1 is 1.15 bits per heavy atom. The minimum absolute atomic E-state index is 0.0321. The molecule has 0 amide bonds. The Balaban J connectivity index is 2.39. The molecule has 0 aliphatic carbocycles. The van der Waals surface area contributed by atoms with E-state index >= 15 is 0 Å². The summed E-state index contributed by atoms with van der Waals surface area (Å²) in [6.07, 6.45) is 0. The highest BCUT2D eigenvalue weighted by Crippen LogP contribution is 2.29. The number of nitrogens with two attached hydrogens (primary N) is 2. The fraction of sp³-hybridized carbons (Fsp3) is 0. The topological polar surface area (TPSA) is 130 Å². The highest BCUT2D eigenvalue weighted by atomic mass is 19.1. The van der Waals surface area contributed by atoms with E-state index in [9.17, 15) is 18.9 Å². The first-order chi connectivity index (χ1) is 9.36. The molecule has 0 radical (unpaired) electrons. The van der Waals surface area contributed by atoms with Gasteiger partial charge in [0.15, 0.2) is 11.6 Å². The molecule has 2 aromatic rings. The van der Waals surface area contributed by atoms with Gasteiger partial charge in [-0.15, -0.1) is 0 Å². The van der Waals surface area contributed by atoms with Crippen molar-refractivity contribution in [1.82, 2.24) is 9.97 Å². The number of nitro benzene ring substituents is 1. The van der Waals surface area contributed by atoms with Crippen LogP contribution in [0.15, 0.2) is 18.2 Å². The molecule has 0 atom stereocenters. The first-order valence-corrected chi connectivity index (χ1v) is 5.08. The summed E-state index contributed by atoms with van der Waals surface area (Å²) in [5.74, 6) is -3.44. The van der Waals surface area contributed by atoms with Crippen molar-refractivity contribution in [2.24, 2.45) is 0 Å². The lowest BCUT2D eigenvalue weighted by Crippen LogP contribution is -2.02. The summed E-state index contributed by atoms with van der Waals surface area (Å²) in [5, 5.41) is 10.4. The van der Waals surface area contributed by atoms with Crippen LogP contribution < -0.4 is 16.2 Å². The van der Waals surface area contributed by atoms with Gasteiger partial charge in [-0.3, -0.25) is 10.1 Å². The SMILES string of the molecule is Nc1cc(Oc2cc(F)c([N+](=O)[O-])cc2F)nc(N)n1. The number of benzene rings is 1. The molecule has 0 saturated heterocycles. The van der Waals surface area contributed by atoms with Gasteiger partial charge in [-0.25, -0.2) is 4.39 Å². The molecule has 104 valence electrons. The van der Waals surface area contributed by atoms with E-state index in [1.54, 1.807) is 0 Å². The maximum atomic E-state index is 13.6. The second kappa shape index (κ2) is 4.91. The number of hydrogen-bond donors (Lipinski definition) is 2. The normalized spacial score (nSPS) is 10.3. The predicted octanol–water partition coefficient (Wildman–Crippen LogP) is 1.62. The summed E-state index contributed by atoms with van der Waals surface area (Å²) in [5.41, 5.74) is 9.68. The van der Waals surface area contributed by atoms with Crippen LogP contribution in [0.4, 0.5) is 26.2 Å². The second-order valence-electron chi connectivity index (χ2n) is 3.58. The molecule has 1 aromatic carbocycles. The number of hydrogen-bond acceptors (Lipinski definition) is 7. The summed E-state index contributed by atoms with van der Waals surface area (Å²) < 4.78 is 31.9. The van der Waals surface area contributed by atoms with Gasteiger partial charge in [0.1, 0.15) is 5.82 Å². The third-order valence-electron chi connectivity index (χ3n) is 2.15. The Labute approximate surface area is 110 Å². The minimum atomic E-state index is -1.25. The number of nitrogen functional groups attached to an aromatic ring is 2. The van der Waals surface area contributed by atoms with Crippen molar-refractivity contribution in [1.29, 1.82) is 0 Å². The summed E-state index contributed by atoms with van der Waals surface area (Å²) in [4.78, 5) is 16.5. The Bertz CT molecular complexity index is 675. The zero-order chi connectivity index (χ0) is 14.9. The molecule has 1 heterocycles. The first-order valence-electron chi connectivity index (χ1n) is 5.08. The number of rotatable bonds is 3. The van der Waals surface area contributed by atoms with Gasteiger partial charge in [0.2, 0.25) is 17.6 Å². The number of halogens is 2. The van der Waals surface area contributed by atoms with Crippen molar-refractivity contribution < 1.29 is 18.4 Å². The van der Waals surface area contributed by atoms with Gasteiger partial charge in [0.25, 0.3) is 0 Å². The van der Waals surface area contributed by atoms with Crippen LogP contribution >= 0.6 is 0 Å². The largest absolute Gasteiger partial charge is 0.436 e. The second-order valence-corrected chi connectivity index (χ2v) is 3.58. The van der Waals surface area contributed by atoms with Crippen molar-refractivity contribution in [3.05, 3.63) is 39.9 Å². The van der Waals surface area contributed by atoms with Gasteiger partial charge < -0.3 is 16.2 Å². The Morgan fingerprint density at radius 3 is 2.45 bits per heavy atom. The Morgan fingerprint density at radius 2 is 1.85 bits per heavy atom. The van der Waals surface area contributed by atoms with E-state index in [1.165, 1.54) is 0 Å². The molecule has 10 heteroatoms. The van der Waals surface area contributed by atoms with Crippen molar-refractivity contribution >= 4 is 17.5 Å². The molecular weight excluding hydrogens is 276 g/mol. The number of nitrogens with zero attached hydrogens (tertiary/aromatic N) is 3. The highest BCUT2D eigenvalue weighted by Gasteiger charge is 2.20. The average Bonchev–Trinajstić information content (AvgIpc) is 2.31. The molecule has 2 rings (SSSR count). The lowest BCUT2D eigenvalue weighted by atomic mass is 10.3. The number of nitro groups is 1. The van der Waals surface area contributed by atoms with Crippen LogP contribution in [0, 0.1) is 21.7 Å². The molecule has 20 heavy (non-hydrogen) atoms. The van der Waals surface area contributed by atoms with Crippen molar-refractivity contribution in [3.8, 4) is 11.6 Å². The van der Waals surface area contributed by atoms with Crippen LogP contribution in [0.2, 0.25) is 0 Å². The molecule has 8 nitrogen and oxygen atoms in total. The molecule has 1 aromatic heterocycles. The molecule has 0 bridgehead atoms. The monoisotopic (exact) mass is 283 g/mol. The van der Waals surface area contributed by atoms with Gasteiger partial charge in [0, 0.05) is 12.1 Å². The Kier molecular flexibility index (Phi) is 3.29. The van der Waals surface area contributed by atoms with E-state index in [1.807, 2.05) is 0 Å². The van der Waals surface area contributed by atoms with Gasteiger partial charge in [-0.1, -0.05) is 0 Å². The number of anilines is 2. The average molecular weight is 283 g/mol. The van der Waals surface area contributed by atoms with Crippen LogP contribution in [0.3, 0.4) is 0 Å². The zero-order valence-corrected chi connectivity index (χ0v) is 9.71. The van der Waals surface area contributed by atoms with Crippen LogP contribution in [0.5, 0.6) is 11.6 Å². The number of ether oxygens (including phenoxy) is 1. The van der Waals surface area contributed by atoms with E-state index in [0.717, 1.165) is 6.07 Å². The number of aromatic nitrogens is 2. The fourth-order valence-corrected chi connectivity index (χ4v) is 1.36. The van der Waals surface area contributed by atoms with Crippen LogP contribution in [-0.2, 0) is 0 Å². The molecule has 0 aliphatic heterocycles. The van der Waals surface area contributed by atoms with Crippen molar-refractivity contribution in [2.45, 2.75) is 0 Å². The molecule has 0 unspecified atom stereocenters. The molecule has 0 saturated carbocycles. The van der Waals surface area contributed by atoms with E-state index in [4.69, 9.17) is 16.2 Å². The maximum absolute atomic E-state index is 13.6. The molecular formula is C10H7F2N5O3. The summed E-state index contributed by atoms with van der Waals surface area (Å²) in [7, 11) is 0. The summed E-state index contributed by atoms with van der Waals surface area (Å²) >= 11 is 0. The van der Waals surface area contributed by atoms with E-state index in [-0.39, 0.29) is 17.6 Å². The van der Waals surface area contributed by atoms with Gasteiger partial charge in [0.05, 0.1) is 11.0 Å². The third kappa shape index (κ3) is 2.68. The predicted molar refractivity (Wildman–Crippen MR) is 63.9 cm³/mol. The van der Waals surface area contributed by atoms with E-state index in [2.05, 4.69) is 9.97 Å². The smallest absolute Gasteiger partial charge is 0.307 e. The standard InChI is InChI=1S/C10H7F2N5O3/c11-4-2-7(5(12)1-6(4)17(18)19)20-9-3-8(13)15-10(14)16-9/h1-3H,(H4,13,14,15,16). The maximum Gasteiger partial charge on any atom is 0.307 e. The summed E-state index contributed by atoms with van der Waals surface area (Å²) in [6, 6.07) is 2.07. The van der Waals surface area contributed by atoms with E-state index < -0.39 is 28.0 Å². The molecule has 0 aliphatic rings. The third-order valence-corrected chi connectivity index (χ3v) is 2.15. The quantitative estimate of drug-likeness (QED) is 0.646. The van der Waals surface area contributed by atoms with Crippen molar-refractivity contribution in [3.63, 3.8) is 0 Å². The molecule has 0 fully saturated rings. The van der Waals surface area contributed by atoms with Crippen LogP contribution in [0.1, 0.15) is 0 Å². The lowest BCUT2D eigenvalue weighted by Gasteiger charge is -2.07. The Hall–Kier alpha value is -3.04. The van der Waals surface area contributed by atoms with Gasteiger partial charge in [-0.05, 0) is 0 Å². The van der Waals surface area contributed by atoms with Gasteiger partial charge in [-0.2, -0.15) is 14.4 Å². The minimum Gasteiger partial charge on any atom is -0.436 e. The van der Waals surface area contributed by atoms with Crippen LogP contribution in [0.25, 0.3) is 0 Å². The molecule has 4 N–H and O–H groups in total. The zero-order valence-electron chi connectivity index (χ0n) is 9.71. The summed E-state index contributed by atoms with van der Waals surface area (Å²) in [6.45, 7) is 0. The fourth-order valence-electron chi connectivity index (χ4n) is 1.36. The van der Waals surface area contributed by atoms with Crippen molar-refractivity contribution in [2.75, 3.05) is 11.5 Å². The first kappa shape index (κ1) is 13.4. The van der Waals surface area contributed by atoms with Gasteiger partial charge >= 0.3 is 5.69 Å².